The molecule has 0 radical (unpaired) electrons. The van der Waals surface area contributed by atoms with Crippen molar-refractivity contribution in [1.82, 2.24) is 0 Å². The summed E-state index contributed by atoms with van der Waals surface area (Å²) in [6.07, 6.45) is 6.15. The Morgan fingerprint density at radius 3 is 1.86 bits per heavy atom. The van der Waals surface area contributed by atoms with Gasteiger partial charge < -0.3 is 19.3 Å². The van der Waals surface area contributed by atoms with Crippen LogP contribution in [0.2, 0.25) is 0 Å². The second-order valence-electron chi connectivity index (χ2n) is 6.57. The first kappa shape index (κ1) is 19.5. The molecule has 2 aromatic carbocycles. The Labute approximate surface area is 164 Å². The molecule has 146 valence electrons. The Hall–Kier alpha value is -3.21. The van der Waals surface area contributed by atoms with E-state index >= 15 is 0 Å². The Balaban J connectivity index is 1.93. The molecule has 0 unspecified atom stereocenters. The number of carbonyl (C=O) groups excluding carboxylic acids is 1. The number of ether oxygens (including phenoxy) is 3. The van der Waals surface area contributed by atoms with Crippen molar-refractivity contribution in [2.24, 2.45) is 0 Å². The Bertz CT molecular complexity index is 898. The molecule has 0 aliphatic heterocycles. The molecule has 3 rings (SSSR count). The molecule has 0 atom stereocenters. The minimum atomic E-state index is 0.0491. The molecule has 0 spiro atoms. The first-order valence-electron chi connectivity index (χ1n) is 9.10. The van der Waals surface area contributed by atoms with Gasteiger partial charge in [0.1, 0.15) is 5.75 Å². The van der Waals surface area contributed by atoms with Crippen LogP contribution >= 0.6 is 0 Å². The highest BCUT2D eigenvalue weighted by Crippen LogP contribution is 2.39. The van der Waals surface area contributed by atoms with Gasteiger partial charge in [-0.15, -0.1) is 0 Å². The lowest BCUT2D eigenvalue weighted by atomic mass is 9.87. The van der Waals surface area contributed by atoms with Gasteiger partial charge in [0.05, 0.1) is 21.3 Å². The molecule has 5 nitrogen and oxygen atoms in total. The van der Waals surface area contributed by atoms with Crippen molar-refractivity contribution in [3.05, 3.63) is 58.7 Å². The summed E-state index contributed by atoms with van der Waals surface area (Å²) in [7, 11) is 4.69. The van der Waals surface area contributed by atoms with Crippen molar-refractivity contribution in [3.63, 3.8) is 0 Å². The van der Waals surface area contributed by atoms with E-state index in [1.54, 1.807) is 45.6 Å². The van der Waals surface area contributed by atoms with Crippen molar-refractivity contribution < 1.29 is 24.1 Å². The molecule has 0 heterocycles. The fourth-order valence-electron chi connectivity index (χ4n) is 3.34. The van der Waals surface area contributed by atoms with Crippen LogP contribution in [0.4, 0.5) is 0 Å². The molecular weight excluding hydrogens is 356 g/mol. The zero-order chi connectivity index (χ0) is 20.1. The molecule has 2 aromatic rings. The number of aromatic hydroxyl groups is 1. The van der Waals surface area contributed by atoms with Crippen molar-refractivity contribution in [2.45, 2.75) is 19.3 Å². The number of hydrogen-bond donors (Lipinski definition) is 1. The summed E-state index contributed by atoms with van der Waals surface area (Å²) in [5.41, 5.74) is 3.25. The smallest absolute Gasteiger partial charge is 0.203 e. The third-order valence-corrected chi connectivity index (χ3v) is 4.74. The number of hydrogen-bond acceptors (Lipinski definition) is 5. The predicted molar refractivity (Wildman–Crippen MR) is 109 cm³/mol. The molecule has 0 amide bonds. The van der Waals surface area contributed by atoms with Crippen LogP contribution in [0.25, 0.3) is 12.2 Å². The van der Waals surface area contributed by atoms with E-state index in [0.29, 0.717) is 17.2 Å². The molecule has 28 heavy (non-hydrogen) atoms. The van der Waals surface area contributed by atoms with Gasteiger partial charge >= 0.3 is 0 Å². The van der Waals surface area contributed by atoms with Crippen molar-refractivity contribution in [2.75, 3.05) is 21.3 Å². The van der Waals surface area contributed by atoms with E-state index in [9.17, 15) is 9.90 Å². The maximum Gasteiger partial charge on any atom is 0.203 e. The van der Waals surface area contributed by atoms with Crippen LogP contribution in [-0.2, 0) is 4.79 Å². The maximum absolute atomic E-state index is 13.0. The van der Waals surface area contributed by atoms with Crippen molar-refractivity contribution in [1.29, 1.82) is 0 Å². The van der Waals surface area contributed by atoms with E-state index in [2.05, 4.69) is 0 Å². The Kier molecular flexibility index (Phi) is 6.04. The van der Waals surface area contributed by atoms with E-state index in [1.807, 2.05) is 24.3 Å². The fourth-order valence-corrected chi connectivity index (χ4v) is 3.34. The number of allylic oxidation sites excluding steroid dienone is 2. The van der Waals surface area contributed by atoms with Crippen LogP contribution in [0.5, 0.6) is 23.0 Å². The molecule has 1 aliphatic rings. The second kappa shape index (κ2) is 8.65. The average molecular weight is 380 g/mol. The van der Waals surface area contributed by atoms with Gasteiger partial charge in [0.2, 0.25) is 5.75 Å². The lowest BCUT2D eigenvalue weighted by Gasteiger charge is -2.17. The molecule has 1 fully saturated rings. The molecule has 0 aromatic heterocycles. The number of benzene rings is 2. The minimum absolute atomic E-state index is 0.0491. The summed E-state index contributed by atoms with van der Waals surface area (Å²) in [5, 5.41) is 9.42. The Morgan fingerprint density at radius 2 is 1.36 bits per heavy atom. The molecule has 0 bridgehead atoms. The van der Waals surface area contributed by atoms with Gasteiger partial charge in [0.15, 0.2) is 17.3 Å². The summed E-state index contributed by atoms with van der Waals surface area (Å²) in [6.45, 7) is 0. The first-order valence-corrected chi connectivity index (χ1v) is 9.10. The van der Waals surface area contributed by atoms with E-state index in [-0.39, 0.29) is 11.5 Å². The van der Waals surface area contributed by atoms with Gasteiger partial charge in [-0.05, 0) is 66.8 Å². The molecule has 1 saturated carbocycles. The van der Waals surface area contributed by atoms with Crippen LogP contribution in [-0.4, -0.2) is 32.2 Å². The zero-order valence-corrected chi connectivity index (χ0v) is 16.3. The van der Waals surface area contributed by atoms with Gasteiger partial charge in [0.25, 0.3) is 0 Å². The largest absolute Gasteiger partial charge is 0.508 e. The Morgan fingerprint density at radius 1 is 0.821 bits per heavy atom. The lowest BCUT2D eigenvalue weighted by Crippen LogP contribution is -2.12. The third-order valence-electron chi connectivity index (χ3n) is 4.74. The van der Waals surface area contributed by atoms with E-state index in [4.69, 9.17) is 14.2 Å². The average Bonchev–Trinajstić information content (AvgIpc) is 2.71. The fraction of sp³-hybridized carbons (Fsp3) is 0.261. The number of methoxy groups -OCH3 is 3. The first-order chi connectivity index (χ1) is 13.5. The minimum Gasteiger partial charge on any atom is -0.508 e. The normalized spacial score (nSPS) is 17.0. The second-order valence-corrected chi connectivity index (χ2v) is 6.57. The molecule has 0 saturated heterocycles. The van der Waals surface area contributed by atoms with E-state index in [1.165, 1.54) is 0 Å². The number of carbonyl (C=O) groups is 1. The maximum atomic E-state index is 13.0. The highest BCUT2D eigenvalue weighted by atomic mass is 16.5. The highest BCUT2D eigenvalue weighted by Gasteiger charge is 2.21. The van der Waals surface area contributed by atoms with Crippen LogP contribution < -0.4 is 14.2 Å². The van der Waals surface area contributed by atoms with Crippen LogP contribution in [0.1, 0.15) is 30.4 Å². The number of Topliss-reactive ketones (excluding diaryl/α,β-unsaturated/α-hetero) is 1. The predicted octanol–water partition coefficient (Wildman–Crippen LogP) is 4.64. The van der Waals surface area contributed by atoms with E-state index in [0.717, 1.165) is 41.5 Å². The molecule has 5 heteroatoms. The standard InChI is InChI=1S/C23H24O5/c1-26-20-13-16(14-21(27-2)23(20)28-3)12-18-6-4-5-17(22(18)25)11-15-7-9-19(24)10-8-15/h7-14,24H,4-6H2,1-3H3/b17-11-,18-12-. The van der Waals surface area contributed by atoms with Gasteiger partial charge in [-0.25, -0.2) is 0 Å². The van der Waals surface area contributed by atoms with E-state index < -0.39 is 0 Å². The number of ketones is 1. The molecular formula is C23H24O5. The molecule has 1 N–H and O–H groups in total. The summed E-state index contributed by atoms with van der Waals surface area (Å²) in [6, 6.07) is 10.5. The quantitative estimate of drug-likeness (QED) is 0.766. The van der Waals surface area contributed by atoms with Crippen LogP contribution in [0, 0.1) is 0 Å². The van der Waals surface area contributed by atoms with Gasteiger partial charge in [-0.2, -0.15) is 0 Å². The summed E-state index contributed by atoms with van der Waals surface area (Å²) in [4.78, 5) is 13.0. The van der Waals surface area contributed by atoms with Gasteiger partial charge in [0, 0.05) is 11.1 Å². The number of phenolic OH excluding ortho intramolecular Hbond substituents is 1. The highest BCUT2D eigenvalue weighted by molar-refractivity contribution is 6.14. The summed E-state index contributed by atoms with van der Waals surface area (Å²) in [5.74, 6) is 1.89. The SMILES string of the molecule is COc1cc(/C=C2/CCC/C(=C/c3ccc(O)cc3)C2=O)cc(OC)c1OC. The lowest BCUT2D eigenvalue weighted by molar-refractivity contribution is -0.112. The van der Waals surface area contributed by atoms with Crippen molar-refractivity contribution >= 4 is 17.9 Å². The summed E-state index contributed by atoms with van der Waals surface area (Å²) < 4.78 is 16.1. The number of rotatable bonds is 5. The summed E-state index contributed by atoms with van der Waals surface area (Å²) >= 11 is 0. The van der Waals surface area contributed by atoms with Crippen molar-refractivity contribution in [3.8, 4) is 23.0 Å². The molecule has 1 aliphatic carbocycles. The number of phenols is 1. The van der Waals surface area contributed by atoms with Crippen LogP contribution in [0.3, 0.4) is 0 Å². The topological polar surface area (TPSA) is 65.0 Å². The van der Waals surface area contributed by atoms with Gasteiger partial charge in [-0.1, -0.05) is 12.1 Å². The zero-order valence-electron chi connectivity index (χ0n) is 16.3. The monoisotopic (exact) mass is 380 g/mol. The van der Waals surface area contributed by atoms with Gasteiger partial charge in [-0.3, -0.25) is 4.79 Å². The van der Waals surface area contributed by atoms with Crippen LogP contribution in [0.15, 0.2) is 47.5 Å². The third kappa shape index (κ3) is 4.19.